The lowest BCUT2D eigenvalue weighted by molar-refractivity contribution is -0.137. The molecule has 0 aliphatic carbocycles. The highest BCUT2D eigenvalue weighted by Gasteiger charge is 2.30. The molecule has 0 fully saturated rings. The van der Waals surface area contributed by atoms with E-state index in [2.05, 4.69) is 9.71 Å². The Labute approximate surface area is 208 Å². The molecule has 5 aromatic rings. The Hall–Kier alpha value is -3.76. The molecule has 10 heteroatoms. The first-order valence-electron chi connectivity index (χ1n) is 10.6. The largest absolute Gasteiger partial charge is 0.506 e. The number of sulfonamides is 1. The lowest BCUT2D eigenvalue weighted by Crippen LogP contribution is -2.14. The molecule has 36 heavy (non-hydrogen) atoms. The van der Waals surface area contributed by atoms with Gasteiger partial charge in [-0.3, -0.25) is 9.71 Å². The van der Waals surface area contributed by atoms with Gasteiger partial charge >= 0.3 is 6.18 Å². The number of halogens is 3. The van der Waals surface area contributed by atoms with Crippen molar-refractivity contribution in [2.45, 2.75) is 20.9 Å². The van der Waals surface area contributed by atoms with Crippen molar-refractivity contribution < 1.29 is 26.7 Å². The number of pyridine rings is 1. The van der Waals surface area contributed by atoms with Gasteiger partial charge in [-0.15, -0.1) is 0 Å². The van der Waals surface area contributed by atoms with Crippen molar-refractivity contribution in [2.75, 3.05) is 4.72 Å². The Morgan fingerprint density at radius 1 is 0.833 bits per heavy atom. The first-order valence-corrected chi connectivity index (χ1v) is 12.9. The molecule has 0 bridgehead atoms. The number of anilines is 1. The Balaban J connectivity index is 1.58. The van der Waals surface area contributed by atoms with Crippen LogP contribution < -0.4 is 4.72 Å². The molecule has 0 radical (unpaired) electrons. The third-order valence-corrected chi connectivity index (χ3v) is 7.99. The maximum absolute atomic E-state index is 13.1. The number of phenols is 1. The van der Waals surface area contributed by atoms with E-state index in [-0.39, 0.29) is 16.3 Å². The van der Waals surface area contributed by atoms with Gasteiger partial charge in [-0.1, -0.05) is 54.2 Å². The third-order valence-electron chi connectivity index (χ3n) is 5.53. The van der Waals surface area contributed by atoms with E-state index in [1.165, 1.54) is 17.8 Å². The van der Waals surface area contributed by atoms with Gasteiger partial charge in [0.05, 0.1) is 26.6 Å². The third kappa shape index (κ3) is 4.57. The van der Waals surface area contributed by atoms with Crippen LogP contribution in [0.1, 0.15) is 5.56 Å². The summed E-state index contributed by atoms with van der Waals surface area (Å²) in [5, 5.41) is 12.8. The van der Waals surface area contributed by atoms with Crippen LogP contribution >= 0.6 is 11.8 Å². The number of nitrogens with zero attached hydrogens (tertiary/aromatic N) is 1. The maximum Gasteiger partial charge on any atom is 0.416 e. The second-order valence-corrected chi connectivity index (χ2v) is 10.6. The first-order chi connectivity index (χ1) is 17.1. The fraction of sp³-hybridized carbons (Fsp3) is 0.0385. The van der Waals surface area contributed by atoms with Gasteiger partial charge in [0.1, 0.15) is 5.75 Å². The Kier molecular flexibility index (Phi) is 6.01. The molecule has 182 valence electrons. The number of hydrogen-bond donors (Lipinski definition) is 2. The minimum absolute atomic E-state index is 0.0268. The van der Waals surface area contributed by atoms with Crippen molar-refractivity contribution in [3.63, 3.8) is 0 Å². The first kappa shape index (κ1) is 24.0. The highest BCUT2D eigenvalue weighted by molar-refractivity contribution is 7.99. The molecule has 4 aromatic carbocycles. The smallest absolute Gasteiger partial charge is 0.416 e. The predicted molar refractivity (Wildman–Crippen MR) is 134 cm³/mol. The van der Waals surface area contributed by atoms with E-state index in [9.17, 15) is 26.7 Å². The van der Waals surface area contributed by atoms with Gasteiger partial charge in [0, 0.05) is 27.3 Å². The van der Waals surface area contributed by atoms with Gasteiger partial charge in [-0.25, -0.2) is 8.42 Å². The molecule has 0 aliphatic rings. The molecular formula is C26H17F3N2O3S2. The summed E-state index contributed by atoms with van der Waals surface area (Å²) in [6.45, 7) is 0. The summed E-state index contributed by atoms with van der Waals surface area (Å²) in [6.07, 6.45) is -2.91. The fourth-order valence-electron chi connectivity index (χ4n) is 3.80. The van der Waals surface area contributed by atoms with Crippen LogP contribution in [0.15, 0.2) is 106 Å². The van der Waals surface area contributed by atoms with Crippen molar-refractivity contribution in [1.29, 1.82) is 0 Å². The number of phenolic OH excluding ortho intramolecular Hbond substituents is 1. The Morgan fingerprint density at radius 3 is 2.25 bits per heavy atom. The minimum atomic E-state index is -4.58. The van der Waals surface area contributed by atoms with Crippen LogP contribution in [0.4, 0.5) is 18.9 Å². The number of benzene rings is 4. The second kappa shape index (κ2) is 9.03. The van der Waals surface area contributed by atoms with E-state index in [1.54, 1.807) is 30.5 Å². The number of aromatic nitrogens is 1. The molecule has 1 heterocycles. The Morgan fingerprint density at radius 2 is 1.53 bits per heavy atom. The normalized spacial score (nSPS) is 12.2. The van der Waals surface area contributed by atoms with Crippen molar-refractivity contribution in [2.24, 2.45) is 0 Å². The van der Waals surface area contributed by atoms with Crippen LogP contribution in [0.3, 0.4) is 0 Å². The minimum Gasteiger partial charge on any atom is -0.506 e. The van der Waals surface area contributed by atoms with Gasteiger partial charge in [-0.2, -0.15) is 13.2 Å². The van der Waals surface area contributed by atoms with E-state index in [1.807, 2.05) is 30.3 Å². The number of nitrogens with one attached hydrogen (secondary N) is 1. The van der Waals surface area contributed by atoms with Crippen LogP contribution in [-0.2, 0) is 16.2 Å². The van der Waals surface area contributed by atoms with E-state index < -0.39 is 21.8 Å². The molecule has 5 rings (SSSR count). The number of alkyl halides is 3. The number of rotatable bonds is 5. The number of fused-ring (bicyclic) bond motifs is 2. The van der Waals surface area contributed by atoms with E-state index in [0.717, 1.165) is 40.1 Å². The summed E-state index contributed by atoms with van der Waals surface area (Å²) in [4.78, 5) is 5.25. The van der Waals surface area contributed by atoms with Crippen LogP contribution in [0.5, 0.6) is 5.75 Å². The summed E-state index contributed by atoms with van der Waals surface area (Å²) >= 11 is 1.23. The molecule has 0 spiro atoms. The zero-order valence-corrected chi connectivity index (χ0v) is 20.0. The molecular weight excluding hydrogens is 509 g/mol. The van der Waals surface area contributed by atoms with Crippen molar-refractivity contribution in [3.8, 4) is 5.75 Å². The van der Waals surface area contributed by atoms with Crippen LogP contribution in [-0.4, -0.2) is 18.5 Å². The van der Waals surface area contributed by atoms with Crippen LogP contribution in [0.25, 0.3) is 21.7 Å². The molecule has 5 nitrogen and oxygen atoms in total. The zero-order chi connectivity index (χ0) is 25.5. The molecule has 2 N–H and O–H groups in total. The monoisotopic (exact) mass is 526 g/mol. The molecule has 0 unspecified atom stereocenters. The summed E-state index contributed by atoms with van der Waals surface area (Å²) in [5.41, 5.74) is -0.0395. The number of hydrogen-bond acceptors (Lipinski definition) is 5. The lowest BCUT2D eigenvalue weighted by Gasteiger charge is -2.15. The molecule has 1 aromatic heterocycles. The molecule has 0 aliphatic heterocycles. The van der Waals surface area contributed by atoms with E-state index in [0.29, 0.717) is 15.7 Å². The van der Waals surface area contributed by atoms with Crippen molar-refractivity contribution >= 4 is 49.1 Å². The average molecular weight is 527 g/mol. The van der Waals surface area contributed by atoms with Crippen molar-refractivity contribution in [3.05, 3.63) is 96.7 Å². The van der Waals surface area contributed by atoms with Gasteiger partial charge in [0.25, 0.3) is 10.0 Å². The molecule has 0 amide bonds. The molecule has 0 saturated heterocycles. The summed E-state index contributed by atoms with van der Waals surface area (Å²) < 4.78 is 67.3. The van der Waals surface area contributed by atoms with Crippen molar-refractivity contribution in [1.82, 2.24) is 4.98 Å². The second-order valence-electron chi connectivity index (χ2n) is 7.88. The topological polar surface area (TPSA) is 79.3 Å². The average Bonchev–Trinajstić information content (AvgIpc) is 2.86. The Bertz CT molecular complexity index is 1700. The summed E-state index contributed by atoms with van der Waals surface area (Å²) in [6, 6.07) is 20.8. The summed E-state index contributed by atoms with van der Waals surface area (Å²) in [5.74, 6) is -0.0268. The highest BCUT2D eigenvalue weighted by Crippen LogP contribution is 2.44. The molecule has 0 atom stereocenters. The fourth-order valence-corrected chi connectivity index (χ4v) is 5.91. The van der Waals surface area contributed by atoms with E-state index in [4.69, 9.17) is 0 Å². The van der Waals surface area contributed by atoms with Gasteiger partial charge in [0.15, 0.2) is 0 Å². The quantitative estimate of drug-likeness (QED) is 0.240. The maximum atomic E-state index is 13.1. The highest BCUT2D eigenvalue weighted by atomic mass is 32.2. The lowest BCUT2D eigenvalue weighted by atomic mass is 10.1. The predicted octanol–water partition coefficient (Wildman–Crippen LogP) is 7.06. The SMILES string of the molecule is O=S(=O)(Nc1cc(Sc2cccc3cccnc23)c(O)c2ccccc12)c1ccc(C(F)(F)F)cc1. The number of para-hydroxylation sites is 1. The number of aromatic hydroxyl groups is 1. The zero-order valence-electron chi connectivity index (χ0n) is 18.3. The van der Waals surface area contributed by atoms with Crippen LogP contribution in [0, 0.1) is 0 Å². The van der Waals surface area contributed by atoms with Gasteiger partial charge < -0.3 is 5.11 Å². The van der Waals surface area contributed by atoms with Gasteiger partial charge in [0.2, 0.25) is 0 Å². The summed E-state index contributed by atoms with van der Waals surface area (Å²) in [7, 11) is -4.22. The van der Waals surface area contributed by atoms with Gasteiger partial charge in [-0.05, 0) is 42.5 Å². The van der Waals surface area contributed by atoms with Crippen LogP contribution in [0.2, 0.25) is 0 Å². The van der Waals surface area contributed by atoms with E-state index >= 15 is 0 Å². The standard InChI is InChI=1S/C26H17F3N2O3S2/c27-26(28,29)17-10-12-18(13-11-17)36(33,34)31-21-15-23(25(32)20-8-2-1-7-19(20)21)35-22-9-3-5-16-6-4-14-30-24(16)22/h1-15,31-32H. The molecule has 0 saturated carbocycles.